The van der Waals surface area contributed by atoms with Crippen LogP contribution in [0.3, 0.4) is 0 Å². The molecule has 1 saturated heterocycles. The highest BCUT2D eigenvalue weighted by atomic mass is 35.5. The molecule has 0 atom stereocenters. The molecule has 66 valence electrons. The molecule has 1 fully saturated rings. The van der Waals surface area contributed by atoms with E-state index in [0.29, 0.717) is 0 Å². The van der Waals surface area contributed by atoms with Crippen molar-refractivity contribution in [3.8, 4) is 0 Å². The van der Waals surface area contributed by atoms with Gasteiger partial charge in [0.2, 0.25) is 0 Å². The summed E-state index contributed by atoms with van der Waals surface area (Å²) in [6.45, 7) is 4.19. The number of quaternary nitrogens is 2. The number of ether oxygens (including phenoxy) is 1. The van der Waals surface area contributed by atoms with Crippen molar-refractivity contribution in [3.63, 3.8) is 0 Å². The summed E-state index contributed by atoms with van der Waals surface area (Å²) >= 11 is 0. The second kappa shape index (κ2) is 16.2. The molecule has 1 rings (SSSR count). The predicted octanol–water partition coefficient (Wildman–Crippen LogP) is -8.55. The fourth-order valence-corrected chi connectivity index (χ4v) is 0.580. The lowest BCUT2D eigenvalue weighted by molar-refractivity contribution is -0.670. The Balaban J connectivity index is -0.000000114. The largest absolute Gasteiger partial charge is 1.00 e. The summed E-state index contributed by atoms with van der Waals surface area (Å²) in [5.41, 5.74) is 3.25. The monoisotopic (exact) mass is 190 g/mol. The van der Waals surface area contributed by atoms with Crippen molar-refractivity contribution in [3.05, 3.63) is 0 Å². The van der Waals surface area contributed by atoms with Crippen molar-refractivity contribution in [2.45, 2.75) is 0 Å². The van der Waals surface area contributed by atoms with Gasteiger partial charge in [-0.3, -0.25) is 0 Å². The lowest BCUT2D eigenvalue weighted by Crippen LogP contribution is -3.00. The van der Waals surface area contributed by atoms with Crippen molar-refractivity contribution >= 4 is 0 Å². The van der Waals surface area contributed by atoms with Crippen LogP contribution in [-0.4, -0.2) is 33.4 Å². The van der Waals surface area contributed by atoms with Crippen LogP contribution in [0.1, 0.15) is 0 Å². The van der Waals surface area contributed by atoms with E-state index in [2.05, 4.69) is 11.1 Å². The average Bonchev–Trinajstić information content (AvgIpc) is 1.96. The molecule has 0 unspecified atom stereocenters. The van der Waals surface area contributed by atoms with E-state index in [1.807, 2.05) is 0 Å². The zero-order valence-electron chi connectivity index (χ0n) is 6.28. The molecule has 5 N–H and O–H groups in total. The van der Waals surface area contributed by atoms with E-state index >= 15 is 0 Å². The molecule has 1 aliphatic rings. The highest BCUT2D eigenvalue weighted by Gasteiger charge is 1.96. The maximum Gasteiger partial charge on any atom is 0.0993 e. The molecule has 0 spiro atoms. The van der Waals surface area contributed by atoms with Crippen LogP contribution < -0.4 is 35.9 Å². The standard InChI is InChI=1S/C4H9NO.CH5N.2ClH/c1-3-6-4-2-5-1;1-2;;/h5H,1-4H2;2H2,1H3;2*1H. The van der Waals surface area contributed by atoms with E-state index in [-0.39, 0.29) is 24.8 Å². The molecule has 1 aliphatic heterocycles. The van der Waals surface area contributed by atoms with Gasteiger partial charge in [0.1, 0.15) is 0 Å². The second-order valence-electron chi connectivity index (χ2n) is 1.48. The quantitative estimate of drug-likeness (QED) is 0.392. The number of morpholine rings is 1. The zero-order chi connectivity index (χ0) is 6.24. The van der Waals surface area contributed by atoms with Gasteiger partial charge in [-0.15, -0.1) is 0 Å². The van der Waals surface area contributed by atoms with Crippen molar-refractivity contribution in [1.82, 2.24) is 0 Å². The van der Waals surface area contributed by atoms with E-state index in [1.54, 1.807) is 7.05 Å². The Kier molecular flexibility index (Phi) is 27.3. The molecule has 0 amide bonds. The number of rotatable bonds is 0. The molecular weight excluding hydrogens is 175 g/mol. The van der Waals surface area contributed by atoms with Crippen LogP contribution in [0.15, 0.2) is 0 Å². The van der Waals surface area contributed by atoms with Crippen LogP contribution in [0.4, 0.5) is 0 Å². The number of nitrogens with two attached hydrogens (primary N) is 1. The van der Waals surface area contributed by atoms with E-state index < -0.39 is 0 Å². The molecule has 10 heavy (non-hydrogen) atoms. The fourth-order valence-electron chi connectivity index (χ4n) is 0.580. The van der Waals surface area contributed by atoms with Crippen molar-refractivity contribution in [2.24, 2.45) is 0 Å². The van der Waals surface area contributed by atoms with Crippen LogP contribution in [0.5, 0.6) is 0 Å². The highest BCUT2D eigenvalue weighted by Crippen LogP contribution is 1.69. The minimum atomic E-state index is 0. The topological polar surface area (TPSA) is 53.5 Å². The summed E-state index contributed by atoms with van der Waals surface area (Å²) in [4.78, 5) is 0. The Morgan fingerprint density at radius 1 is 1.10 bits per heavy atom. The molecule has 3 nitrogen and oxygen atoms in total. The summed E-state index contributed by atoms with van der Waals surface area (Å²) in [6, 6.07) is 0. The summed E-state index contributed by atoms with van der Waals surface area (Å²) in [5, 5.41) is 2.27. The van der Waals surface area contributed by atoms with Gasteiger partial charge < -0.3 is 40.6 Å². The molecule has 0 bridgehead atoms. The number of halogens is 2. The molecule has 0 radical (unpaired) electrons. The van der Waals surface area contributed by atoms with Crippen LogP contribution in [0.2, 0.25) is 0 Å². The fraction of sp³-hybridized carbons (Fsp3) is 1.00. The summed E-state index contributed by atoms with van der Waals surface area (Å²) < 4.78 is 5.04. The first-order valence-corrected chi connectivity index (χ1v) is 3.10. The predicted molar refractivity (Wildman–Crippen MR) is 31.3 cm³/mol. The lowest BCUT2D eigenvalue weighted by Gasteiger charge is -2.07. The maximum absolute atomic E-state index is 5.04. The summed E-state index contributed by atoms with van der Waals surface area (Å²) in [6.07, 6.45) is 0. The van der Waals surface area contributed by atoms with Crippen LogP contribution in [0, 0.1) is 0 Å². The summed E-state index contributed by atoms with van der Waals surface area (Å²) in [7, 11) is 1.75. The van der Waals surface area contributed by atoms with Gasteiger partial charge in [-0.05, 0) is 0 Å². The van der Waals surface area contributed by atoms with Crippen molar-refractivity contribution in [2.75, 3.05) is 33.4 Å². The van der Waals surface area contributed by atoms with Gasteiger partial charge in [0, 0.05) is 0 Å². The molecule has 0 aliphatic carbocycles. The Labute approximate surface area is 74.5 Å². The Bertz CT molecular complexity index is 33.1. The Hall–Kier alpha value is 0.460. The van der Waals surface area contributed by atoms with Gasteiger partial charge in [-0.1, -0.05) is 0 Å². The maximum atomic E-state index is 5.04. The van der Waals surface area contributed by atoms with Gasteiger partial charge >= 0.3 is 0 Å². The highest BCUT2D eigenvalue weighted by molar-refractivity contribution is 4.30. The Morgan fingerprint density at radius 2 is 1.50 bits per heavy atom. The number of hydrogen-bond donors (Lipinski definition) is 2. The van der Waals surface area contributed by atoms with E-state index in [1.165, 1.54) is 0 Å². The van der Waals surface area contributed by atoms with Gasteiger partial charge in [0.15, 0.2) is 0 Å². The molecule has 0 saturated carbocycles. The van der Waals surface area contributed by atoms with Crippen LogP contribution in [0.25, 0.3) is 0 Å². The third kappa shape index (κ3) is 11.3. The summed E-state index contributed by atoms with van der Waals surface area (Å²) in [5.74, 6) is 0. The second-order valence-corrected chi connectivity index (χ2v) is 1.48. The van der Waals surface area contributed by atoms with Crippen LogP contribution in [-0.2, 0) is 4.74 Å². The zero-order valence-corrected chi connectivity index (χ0v) is 7.79. The molecule has 0 aromatic rings. The van der Waals surface area contributed by atoms with E-state index in [9.17, 15) is 0 Å². The van der Waals surface area contributed by atoms with Crippen molar-refractivity contribution in [1.29, 1.82) is 0 Å². The third-order valence-electron chi connectivity index (χ3n) is 0.933. The van der Waals surface area contributed by atoms with Gasteiger partial charge in [0.25, 0.3) is 0 Å². The minimum Gasteiger partial charge on any atom is -1.00 e. The first-order valence-electron chi connectivity index (χ1n) is 3.10. The normalized spacial score (nSPS) is 15.0. The smallest absolute Gasteiger partial charge is 0.0993 e. The number of hydrogen-bond acceptors (Lipinski definition) is 1. The van der Waals surface area contributed by atoms with E-state index in [0.717, 1.165) is 26.3 Å². The van der Waals surface area contributed by atoms with E-state index in [4.69, 9.17) is 4.74 Å². The first kappa shape index (κ1) is 16.8. The SMILES string of the molecule is C1COCC[NH2+]1.C[NH3+].[Cl-].[Cl-]. The minimum absolute atomic E-state index is 0. The van der Waals surface area contributed by atoms with Crippen molar-refractivity contribution < 1.29 is 40.6 Å². The van der Waals surface area contributed by atoms with Gasteiger partial charge in [0.05, 0.1) is 33.4 Å². The van der Waals surface area contributed by atoms with Crippen LogP contribution >= 0.6 is 0 Å². The van der Waals surface area contributed by atoms with Gasteiger partial charge in [-0.2, -0.15) is 0 Å². The lowest BCUT2D eigenvalue weighted by atomic mass is 10.5. The molecule has 0 aromatic heterocycles. The molecule has 1 heterocycles. The Morgan fingerprint density at radius 3 is 1.60 bits per heavy atom. The molecular formula is C5H16Cl2N2O. The first-order chi connectivity index (χ1) is 4.00. The van der Waals surface area contributed by atoms with Gasteiger partial charge in [-0.25, -0.2) is 0 Å². The molecule has 5 heteroatoms. The third-order valence-corrected chi connectivity index (χ3v) is 0.933. The molecule has 0 aromatic carbocycles. The average molecular weight is 191 g/mol.